The lowest BCUT2D eigenvalue weighted by Gasteiger charge is -2.27. The number of nitrogens with one attached hydrogen (secondary N) is 1. The molecule has 1 amide bonds. The Morgan fingerprint density at radius 1 is 1.17 bits per heavy atom. The molecule has 2 unspecified atom stereocenters. The highest BCUT2D eigenvalue weighted by atomic mass is 16.5. The molecule has 0 aromatic heterocycles. The van der Waals surface area contributed by atoms with E-state index >= 15 is 0 Å². The summed E-state index contributed by atoms with van der Waals surface area (Å²) in [6, 6.07) is 4.90. The lowest BCUT2D eigenvalue weighted by atomic mass is 9.85. The SMILES string of the molecule is O=C(O)CN1C(=O)C(NC(CCC2CCCCC2)C(=O)O)COc2ccccc21. The Hall–Kier alpha value is -2.61. The Labute approximate surface area is 169 Å². The van der Waals surface area contributed by atoms with Crippen molar-refractivity contribution < 1.29 is 29.3 Å². The number of ether oxygens (including phenoxy) is 1. The van der Waals surface area contributed by atoms with E-state index in [1.54, 1.807) is 24.3 Å². The zero-order valence-electron chi connectivity index (χ0n) is 16.4. The Bertz CT molecular complexity index is 746. The lowest BCUT2D eigenvalue weighted by Crippen LogP contribution is -2.54. The molecule has 2 atom stereocenters. The maximum Gasteiger partial charge on any atom is 0.323 e. The van der Waals surface area contributed by atoms with Gasteiger partial charge in [0.2, 0.25) is 5.91 Å². The van der Waals surface area contributed by atoms with Crippen LogP contribution in [-0.4, -0.2) is 53.3 Å². The molecule has 29 heavy (non-hydrogen) atoms. The molecule has 3 N–H and O–H groups in total. The van der Waals surface area contributed by atoms with Gasteiger partial charge in [-0.15, -0.1) is 0 Å². The third-order valence-corrected chi connectivity index (χ3v) is 5.71. The van der Waals surface area contributed by atoms with E-state index in [1.165, 1.54) is 19.3 Å². The molecule has 0 bridgehead atoms. The van der Waals surface area contributed by atoms with Crippen LogP contribution in [0.1, 0.15) is 44.9 Å². The third kappa shape index (κ3) is 5.47. The van der Waals surface area contributed by atoms with Gasteiger partial charge in [-0.3, -0.25) is 24.6 Å². The van der Waals surface area contributed by atoms with Crippen LogP contribution in [0.5, 0.6) is 5.75 Å². The van der Waals surface area contributed by atoms with Crippen molar-refractivity contribution in [2.75, 3.05) is 18.1 Å². The van der Waals surface area contributed by atoms with E-state index in [-0.39, 0.29) is 6.61 Å². The van der Waals surface area contributed by atoms with Crippen LogP contribution in [0.3, 0.4) is 0 Å². The number of fused-ring (bicyclic) bond motifs is 1. The van der Waals surface area contributed by atoms with E-state index in [4.69, 9.17) is 4.74 Å². The van der Waals surface area contributed by atoms with Gasteiger partial charge in [-0.25, -0.2) is 0 Å². The minimum absolute atomic E-state index is 0.0564. The average molecular weight is 404 g/mol. The Kier molecular flexibility index (Phi) is 7.09. The summed E-state index contributed by atoms with van der Waals surface area (Å²) in [6.45, 7) is -0.573. The number of benzene rings is 1. The van der Waals surface area contributed by atoms with E-state index in [9.17, 15) is 24.6 Å². The first-order valence-electron chi connectivity index (χ1n) is 10.2. The molecule has 1 aromatic rings. The fraction of sp³-hybridized carbons (Fsp3) is 0.571. The molecule has 8 heteroatoms. The molecule has 1 aliphatic carbocycles. The van der Waals surface area contributed by atoms with Crippen LogP contribution in [0.15, 0.2) is 24.3 Å². The minimum Gasteiger partial charge on any atom is -0.489 e. The first kappa shape index (κ1) is 21.1. The van der Waals surface area contributed by atoms with Crippen LogP contribution in [0.2, 0.25) is 0 Å². The Morgan fingerprint density at radius 3 is 2.59 bits per heavy atom. The molecule has 0 radical (unpaired) electrons. The fourth-order valence-corrected chi connectivity index (χ4v) is 4.17. The predicted molar refractivity (Wildman–Crippen MR) is 106 cm³/mol. The van der Waals surface area contributed by atoms with Gasteiger partial charge in [0.1, 0.15) is 31.0 Å². The highest BCUT2D eigenvalue weighted by Crippen LogP contribution is 2.31. The number of anilines is 1. The first-order valence-corrected chi connectivity index (χ1v) is 10.2. The quantitative estimate of drug-likeness (QED) is 0.608. The average Bonchev–Trinajstić information content (AvgIpc) is 2.83. The van der Waals surface area contributed by atoms with Crippen molar-refractivity contribution in [1.82, 2.24) is 5.32 Å². The van der Waals surface area contributed by atoms with Gasteiger partial charge in [-0.1, -0.05) is 44.2 Å². The molecule has 1 heterocycles. The zero-order valence-corrected chi connectivity index (χ0v) is 16.4. The summed E-state index contributed by atoms with van der Waals surface area (Å²) in [5.41, 5.74) is 0.373. The topological polar surface area (TPSA) is 116 Å². The fourth-order valence-electron chi connectivity index (χ4n) is 4.17. The van der Waals surface area contributed by atoms with E-state index < -0.39 is 36.5 Å². The smallest absolute Gasteiger partial charge is 0.323 e. The standard InChI is InChI=1S/C21H28N2O6/c24-19(25)12-23-17-8-4-5-9-18(17)29-13-16(20(23)26)22-15(21(27)28)11-10-14-6-2-1-3-7-14/h4-5,8-9,14-16,22H,1-3,6-7,10-13H2,(H,24,25)(H,27,28). The van der Waals surface area contributed by atoms with Gasteiger partial charge >= 0.3 is 11.9 Å². The monoisotopic (exact) mass is 404 g/mol. The van der Waals surface area contributed by atoms with Gasteiger partial charge < -0.3 is 14.9 Å². The highest BCUT2D eigenvalue weighted by Gasteiger charge is 2.35. The first-order chi connectivity index (χ1) is 14.0. The van der Waals surface area contributed by atoms with Crippen molar-refractivity contribution in [1.29, 1.82) is 0 Å². The lowest BCUT2D eigenvalue weighted by molar-refractivity contribution is -0.141. The van der Waals surface area contributed by atoms with Crippen LogP contribution in [0, 0.1) is 5.92 Å². The van der Waals surface area contributed by atoms with Crippen molar-refractivity contribution in [3.05, 3.63) is 24.3 Å². The van der Waals surface area contributed by atoms with Crippen LogP contribution in [-0.2, 0) is 14.4 Å². The van der Waals surface area contributed by atoms with Gasteiger partial charge in [-0.2, -0.15) is 0 Å². The number of hydrogen-bond acceptors (Lipinski definition) is 5. The van der Waals surface area contributed by atoms with E-state index in [0.717, 1.165) is 24.2 Å². The largest absolute Gasteiger partial charge is 0.489 e. The number of amides is 1. The van der Waals surface area contributed by atoms with Crippen molar-refractivity contribution >= 4 is 23.5 Å². The number of rotatable bonds is 8. The second-order valence-electron chi connectivity index (χ2n) is 7.79. The van der Waals surface area contributed by atoms with Crippen LogP contribution in [0.4, 0.5) is 5.69 Å². The number of nitrogens with zero attached hydrogens (tertiary/aromatic N) is 1. The van der Waals surface area contributed by atoms with Crippen molar-refractivity contribution in [2.24, 2.45) is 5.92 Å². The normalized spacial score (nSPS) is 21.0. The summed E-state index contributed by atoms with van der Waals surface area (Å²) in [6.07, 6.45) is 7.09. The van der Waals surface area contributed by atoms with Crippen molar-refractivity contribution in [3.63, 3.8) is 0 Å². The second-order valence-corrected chi connectivity index (χ2v) is 7.79. The number of para-hydroxylation sites is 2. The second kappa shape index (κ2) is 9.73. The van der Waals surface area contributed by atoms with Gasteiger partial charge in [0.15, 0.2) is 0 Å². The highest BCUT2D eigenvalue weighted by molar-refractivity contribution is 6.02. The summed E-state index contributed by atoms with van der Waals surface area (Å²) in [5.74, 6) is -1.73. The third-order valence-electron chi connectivity index (χ3n) is 5.71. The molecule has 158 valence electrons. The number of carbonyl (C=O) groups is 3. The van der Waals surface area contributed by atoms with Crippen LogP contribution >= 0.6 is 0 Å². The number of hydrogen-bond donors (Lipinski definition) is 3. The number of carboxylic acid groups (broad SMARTS) is 2. The number of aliphatic carboxylic acids is 2. The van der Waals surface area contributed by atoms with Crippen LogP contribution in [0.25, 0.3) is 0 Å². The molecular weight excluding hydrogens is 376 g/mol. The molecule has 0 saturated heterocycles. The molecular formula is C21H28N2O6. The molecule has 3 rings (SSSR count). The maximum absolute atomic E-state index is 13.0. The predicted octanol–water partition coefficient (Wildman–Crippen LogP) is 2.27. The summed E-state index contributed by atoms with van der Waals surface area (Å²) in [5, 5.41) is 21.8. The minimum atomic E-state index is -1.15. The molecule has 1 fully saturated rings. The Balaban J connectivity index is 1.71. The molecule has 1 saturated carbocycles. The molecule has 0 spiro atoms. The van der Waals surface area contributed by atoms with Crippen LogP contribution < -0.4 is 15.0 Å². The van der Waals surface area contributed by atoms with E-state index in [1.807, 2.05) is 0 Å². The zero-order chi connectivity index (χ0) is 20.8. The number of carbonyl (C=O) groups excluding carboxylic acids is 1. The van der Waals surface area contributed by atoms with Gasteiger partial charge in [0.25, 0.3) is 0 Å². The Morgan fingerprint density at radius 2 is 1.90 bits per heavy atom. The van der Waals surface area contributed by atoms with Crippen molar-refractivity contribution in [3.8, 4) is 5.75 Å². The molecule has 1 aromatic carbocycles. The van der Waals surface area contributed by atoms with E-state index in [2.05, 4.69) is 5.32 Å². The molecule has 2 aliphatic rings. The number of carboxylic acids is 2. The molecule has 8 nitrogen and oxygen atoms in total. The van der Waals surface area contributed by atoms with Gasteiger partial charge in [0, 0.05) is 0 Å². The summed E-state index contributed by atoms with van der Waals surface area (Å²) in [4.78, 5) is 37.3. The summed E-state index contributed by atoms with van der Waals surface area (Å²) in [7, 11) is 0. The van der Waals surface area contributed by atoms with Gasteiger partial charge in [0.05, 0.1) is 5.69 Å². The van der Waals surface area contributed by atoms with Gasteiger partial charge in [-0.05, 0) is 30.9 Å². The maximum atomic E-state index is 13.0. The van der Waals surface area contributed by atoms with E-state index in [0.29, 0.717) is 23.8 Å². The van der Waals surface area contributed by atoms with Crippen molar-refractivity contribution in [2.45, 2.75) is 57.0 Å². The summed E-state index contributed by atoms with van der Waals surface area (Å²) >= 11 is 0. The summed E-state index contributed by atoms with van der Waals surface area (Å²) < 4.78 is 5.71. The molecule has 1 aliphatic heterocycles.